The van der Waals surface area contributed by atoms with E-state index >= 15 is 0 Å². The molecule has 0 aromatic carbocycles. The molecule has 2 aliphatic rings. The second-order valence-electron chi connectivity index (χ2n) is 4.81. The van der Waals surface area contributed by atoms with Crippen molar-refractivity contribution in [2.45, 2.75) is 12.8 Å². The fraction of sp³-hybridized carbons (Fsp3) is 0.667. The molecule has 6 nitrogen and oxygen atoms in total. The number of nitrogens with one attached hydrogen (secondary N) is 3. The Morgan fingerprint density at radius 2 is 1.72 bits per heavy atom. The van der Waals surface area contributed by atoms with Crippen molar-refractivity contribution in [3.63, 3.8) is 0 Å². The number of aromatic amines is 1. The van der Waals surface area contributed by atoms with Crippen molar-refractivity contribution in [2.24, 2.45) is 0 Å². The molecule has 98 valence electrons. The summed E-state index contributed by atoms with van der Waals surface area (Å²) in [6.45, 7) is 5.66. The first-order chi connectivity index (χ1) is 8.84. The molecule has 0 amide bonds. The maximum Gasteiger partial charge on any atom is 0.347 e. The van der Waals surface area contributed by atoms with Gasteiger partial charge in [0.15, 0.2) is 0 Å². The van der Waals surface area contributed by atoms with Crippen molar-refractivity contribution in [3.05, 3.63) is 21.7 Å². The molecule has 0 bridgehead atoms. The van der Waals surface area contributed by atoms with Crippen LogP contribution in [-0.4, -0.2) is 49.2 Å². The number of hydrogen-bond acceptors (Lipinski definition) is 5. The second-order valence-corrected chi connectivity index (χ2v) is 4.81. The van der Waals surface area contributed by atoms with Gasteiger partial charge in [0.1, 0.15) is 5.82 Å². The minimum atomic E-state index is -0.218. The Kier molecular flexibility index (Phi) is 3.29. The van der Waals surface area contributed by atoms with Crippen LogP contribution in [-0.2, 0) is 12.8 Å². The highest BCUT2D eigenvalue weighted by Crippen LogP contribution is 2.21. The third-order valence-electron chi connectivity index (χ3n) is 3.62. The maximum atomic E-state index is 11.7. The molecule has 1 fully saturated rings. The highest BCUT2D eigenvalue weighted by Gasteiger charge is 2.20. The van der Waals surface area contributed by atoms with Gasteiger partial charge >= 0.3 is 5.69 Å². The molecule has 6 heteroatoms. The Bertz CT molecular complexity index is 478. The summed E-state index contributed by atoms with van der Waals surface area (Å²) in [7, 11) is 0. The zero-order valence-electron chi connectivity index (χ0n) is 10.5. The summed E-state index contributed by atoms with van der Waals surface area (Å²) in [6, 6.07) is 0. The maximum absolute atomic E-state index is 11.7. The zero-order chi connectivity index (χ0) is 12.4. The molecule has 0 radical (unpaired) electrons. The second kappa shape index (κ2) is 5.07. The molecule has 3 heterocycles. The van der Waals surface area contributed by atoms with Crippen molar-refractivity contribution in [3.8, 4) is 0 Å². The Labute approximate surface area is 106 Å². The van der Waals surface area contributed by atoms with Gasteiger partial charge in [-0.2, -0.15) is 4.98 Å². The van der Waals surface area contributed by atoms with Gasteiger partial charge in [-0.1, -0.05) is 0 Å². The molecule has 0 spiro atoms. The number of aromatic nitrogens is 2. The average molecular weight is 249 g/mol. The lowest BCUT2D eigenvalue weighted by Gasteiger charge is -2.30. The number of nitrogens with zero attached hydrogens (tertiary/aromatic N) is 2. The van der Waals surface area contributed by atoms with Crippen molar-refractivity contribution >= 4 is 5.82 Å². The molecule has 1 saturated heterocycles. The van der Waals surface area contributed by atoms with E-state index in [4.69, 9.17) is 0 Å². The van der Waals surface area contributed by atoms with Gasteiger partial charge in [0.25, 0.3) is 0 Å². The fourth-order valence-electron chi connectivity index (χ4n) is 2.70. The predicted octanol–water partition coefficient (Wildman–Crippen LogP) is -1.13. The van der Waals surface area contributed by atoms with Gasteiger partial charge in [0.2, 0.25) is 0 Å². The van der Waals surface area contributed by atoms with Crippen LogP contribution in [0.4, 0.5) is 5.82 Å². The zero-order valence-corrected chi connectivity index (χ0v) is 10.5. The number of anilines is 1. The van der Waals surface area contributed by atoms with E-state index in [1.54, 1.807) is 0 Å². The van der Waals surface area contributed by atoms with Crippen molar-refractivity contribution in [1.29, 1.82) is 0 Å². The van der Waals surface area contributed by atoms with Crippen LogP contribution in [0.5, 0.6) is 0 Å². The average Bonchev–Trinajstić information content (AvgIpc) is 2.64. The SMILES string of the molecule is O=c1nc(N2CCNCC2)c2c([nH]1)CCNCC2. The van der Waals surface area contributed by atoms with Crippen LogP contribution in [0.25, 0.3) is 0 Å². The summed E-state index contributed by atoms with van der Waals surface area (Å²) in [5, 5.41) is 6.69. The summed E-state index contributed by atoms with van der Waals surface area (Å²) in [6.07, 6.45) is 1.82. The molecule has 1 aromatic rings. The standard InChI is InChI=1S/C12H19N5O/c18-12-15-10-2-4-13-3-1-9(10)11(16-12)17-7-5-14-6-8-17/h13-14H,1-8H2,(H,15,16,18). The van der Waals surface area contributed by atoms with Crippen molar-refractivity contribution in [2.75, 3.05) is 44.2 Å². The van der Waals surface area contributed by atoms with Crippen LogP contribution in [0.1, 0.15) is 11.3 Å². The highest BCUT2D eigenvalue weighted by atomic mass is 16.1. The van der Waals surface area contributed by atoms with Gasteiger partial charge in [-0.25, -0.2) is 4.79 Å². The topological polar surface area (TPSA) is 73.0 Å². The van der Waals surface area contributed by atoms with Gasteiger partial charge < -0.3 is 20.5 Å². The molecule has 0 saturated carbocycles. The Morgan fingerprint density at radius 1 is 1.00 bits per heavy atom. The number of rotatable bonds is 1. The minimum absolute atomic E-state index is 0.218. The highest BCUT2D eigenvalue weighted by molar-refractivity contribution is 5.49. The van der Waals surface area contributed by atoms with Crippen molar-refractivity contribution < 1.29 is 0 Å². The van der Waals surface area contributed by atoms with Crippen LogP contribution in [0.2, 0.25) is 0 Å². The molecular weight excluding hydrogens is 230 g/mol. The van der Waals surface area contributed by atoms with E-state index in [0.717, 1.165) is 63.6 Å². The summed E-state index contributed by atoms with van der Waals surface area (Å²) in [4.78, 5) is 21.0. The Balaban J connectivity index is 2.01. The van der Waals surface area contributed by atoms with E-state index < -0.39 is 0 Å². The normalized spacial score (nSPS) is 20.3. The van der Waals surface area contributed by atoms with E-state index in [1.165, 1.54) is 5.56 Å². The largest absolute Gasteiger partial charge is 0.354 e. The van der Waals surface area contributed by atoms with Crippen LogP contribution >= 0.6 is 0 Å². The van der Waals surface area contributed by atoms with E-state index in [-0.39, 0.29) is 5.69 Å². The van der Waals surface area contributed by atoms with Gasteiger partial charge in [-0.05, 0) is 13.0 Å². The summed E-state index contributed by atoms with van der Waals surface area (Å²) in [5.41, 5.74) is 2.07. The molecule has 18 heavy (non-hydrogen) atoms. The first kappa shape index (κ1) is 11.7. The van der Waals surface area contributed by atoms with Gasteiger partial charge in [0.05, 0.1) is 0 Å². The third-order valence-corrected chi connectivity index (χ3v) is 3.62. The fourth-order valence-corrected chi connectivity index (χ4v) is 2.70. The molecule has 2 aliphatic heterocycles. The third kappa shape index (κ3) is 2.26. The lowest BCUT2D eigenvalue weighted by molar-refractivity contribution is 0.581. The molecule has 3 N–H and O–H groups in total. The van der Waals surface area contributed by atoms with Crippen LogP contribution in [0, 0.1) is 0 Å². The van der Waals surface area contributed by atoms with E-state index in [9.17, 15) is 4.79 Å². The summed E-state index contributed by atoms with van der Waals surface area (Å²) in [5.74, 6) is 0.902. The molecule has 0 aliphatic carbocycles. The minimum Gasteiger partial charge on any atom is -0.354 e. The summed E-state index contributed by atoms with van der Waals surface area (Å²) < 4.78 is 0. The monoisotopic (exact) mass is 249 g/mol. The first-order valence-electron chi connectivity index (χ1n) is 6.63. The van der Waals surface area contributed by atoms with Gasteiger partial charge in [-0.15, -0.1) is 0 Å². The van der Waals surface area contributed by atoms with E-state index in [1.807, 2.05) is 0 Å². The van der Waals surface area contributed by atoms with Gasteiger partial charge in [0, 0.05) is 50.4 Å². The molecule has 3 rings (SSSR count). The van der Waals surface area contributed by atoms with E-state index in [2.05, 4.69) is 25.5 Å². The Morgan fingerprint density at radius 3 is 2.56 bits per heavy atom. The predicted molar refractivity (Wildman–Crippen MR) is 70.2 cm³/mol. The lowest BCUT2D eigenvalue weighted by atomic mass is 10.1. The molecular formula is C12H19N5O. The Hall–Kier alpha value is -1.40. The molecule has 0 atom stereocenters. The number of piperazine rings is 1. The quantitative estimate of drug-likeness (QED) is 0.587. The smallest absolute Gasteiger partial charge is 0.347 e. The van der Waals surface area contributed by atoms with Crippen LogP contribution in [0.15, 0.2) is 4.79 Å². The molecule has 0 unspecified atom stereocenters. The first-order valence-corrected chi connectivity index (χ1v) is 6.63. The summed E-state index contributed by atoms with van der Waals surface area (Å²) >= 11 is 0. The van der Waals surface area contributed by atoms with Crippen molar-refractivity contribution in [1.82, 2.24) is 20.6 Å². The van der Waals surface area contributed by atoms with Gasteiger partial charge in [-0.3, -0.25) is 0 Å². The number of H-pyrrole nitrogens is 1. The number of hydrogen-bond donors (Lipinski definition) is 3. The van der Waals surface area contributed by atoms with Crippen LogP contribution in [0.3, 0.4) is 0 Å². The lowest BCUT2D eigenvalue weighted by Crippen LogP contribution is -2.45. The molecule has 1 aromatic heterocycles. The number of fused-ring (bicyclic) bond motifs is 1. The van der Waals surface area contributed by atoms with E-state index in [0.29, 0.717) is 0 Å². The van der Waals surface area contributed by atoms with Crippen LogP contribution < -0.4 is 21.2 Å².